The molecule has 25 heavy (non-hydrogen) atoms. The molecule has 1 atom stereocenters. The number of rotatable bonds is 9. The first kappa shape index (κ1) is 18.6. The van der Waals surface area contributed by atoms with Crippen molar-refractivity contribution in [3.05, 3.63) is 54.1 Å². The Hall–Kier alpha value is -2.69. The molecule has 5 nitrogen and oxygen atoms in total. The summed E-state index contributed by atoms with van der Waals surface area (Å²) in [5, 5.41) is 17.8. The van der Waals surface area contributed by atoms with Crippen molar-refractivity contribution in [2.45, 2.75) is 39.0 Å². The van der Waals surface area contributed by atoms with E-state index >= 15 is 0 Å². The van der Waals surface area contributed by atoms with E-state index in [0.29, 0.717) is 18.7 Å². The van der Waals surface area contributed by atoms with Crippen molar-refractivity contribution in [2.24, 2.45) is 10.2 Å². The lowest BCUT2D eigenvalue weighted by Crippen LogP contribution is -2.11. The normalized spacial score (nSPS) is 12.2. The second-order valence-electron chi connectivity index (χ2n) is 5.75. The highest BCUT2D eigenvalue weighted by molar-refractivity contribution is 5.76. The van der Waals surface area contributed by atoms with E-state index in [2.05, 4.69) is 17.2 Å². The quantitative estimate of drug-likeness (QED) is 0.581. The summed E-state index contributed by atoms with van der Waals surface area (Å²) in [5.41, 5.74) is 2.23. The van der Waals surface area contributed by atoms with Crippen LogP contribution in [0.5, 0.6) is 5.75 Å². The first-order chi connectivity index (χ1) is 12.1. The van der Waals surface area contributed by atoms with Gasteiger partial charge in [0, 0.05) is 0 Å². The van der Waals surface area contributed by atoms with Crippen molar-refractivity contribution in [3.63, 3.8) is 0 Å². The number of benzene rings is 2. The lowest BCUT2D eigenvalue weighted by atomic mass is 9.93. The highest BCUT2D eigenvalue weighted by Crippen LogP contribution is 2.26. The number of nitrogens with zero attached hydrogens (tertiary/aromatic N) is 2. The molecule has 0 aromatic heterocycles. The van der Waals surface area contributed by atoms with Gasteiger partial charge in [0.1, 0.15) is 5.75 Å². The van der Waals surface area contributed by atoms with Crippen molar-refractivity contribution in [3.8, 4) is 5.75 Å². The largest absolute Gasteiger partial charge is 0.494 e. The Morgan fingerprint density at radius 1 is 1.00 bits per heavy atom. The van der Waals surface area contributed by atoms with Crippen LogP contribution in [0.15, 0.2) is 58.8 Å². The predicted molar refractivity (Wildman–Crippen MR) is 98.1 cm³/mol. The van der Waals surface area contributed by atoms with E-state index in [1.807, 2.05) is 43.3 Å². The maximum Gasteiger partial charge on any atom is 0.310 e. The molecule has 0 aliphatic heterocycles. The summed E-state index contributed by atoms with van der Waals surface area (Å²) in [4.78, 5) is 11.4. The van der Waals surface area contributed by atoms with Crippen LogP contribution in [0.3, 0.4) is 0 Å². The van der Waals surface area contributed by atoms with Crippen LogP contribution in [0.4, 0.5) is 11.4 Å². The highest BCUT2D eigenvalue weighted by Gasteiger charge is 2.18. The first-order valence-electron chi connectivity index (χ1n) is 8.61. The van der Waals surface area contributed by atoms with Gasteiger partial charge in [-0.05, 0) is 55.3 Å². The van der Waals surface area contributed by atoms with Crippen LogP contribution in [0.1, 0.15) is 44.6 Å². The maximum atomic E-state index is 11.4. The second kappa shape index (κ2) is 9.57. The molecular formula is C20H24N2O3. The summed E-state index contributed by atoms with van der Waals surface area (Å²) < 4.78 is 5.39. The fourth-order valence-electron chi connectivity index (χ4n) is 2.51. The number of unbranched alkanes of at least 4 members (excludes halogenated alkanes) is 1. The Labute approximate surface area is 148 Å². The fourth-order valence-corrected chi connectivity index (χ4v) is 2.51. The molecule has 0 aliphatic rings. The Bertz CT molecular complexity index is 694. The van der Waals surface area contributed by atoms with Gasteiger partial charge in [0.25, 0.3) is 0 Å². The molecule has 0 heterocycles. The van der Waals surface area contributed by atoms with Crippen LogP contribution in [-0.2, 0) is 4.79 Å². The number of carbonyl (C=O) groups is 1. The number of hydrogen-bond acceptors (Lipinski definition) is 4. The molecular weight excluding hydrogens is 316 g/mol. The zero-order valence-electron chi connectivity index (χ0n) is 14.7. The molecule has 0 fully saturated rings. The van der Waals surface area contributed by atoms with Crippen molar-refractivity contribution in [1.82, 2.24) is 0 Å². The molecule has 2 aromatic carbocycles. The van der Waals surface area contributed by atoms with Gasteiger partial charge in [-0.2, -0.15) is 10.2 Å². The number of carboxylic acids is 1. The molecule has 1 N–H and O–H groups in total. The Balaban J connectivity index is 2.04. The van der Waals surface area contributed by atoms with E-state index in [9.17, 15) is 9.90 Å². The molecule has 0 spiro atoms. The number of carboxylic acid groups (broad SMARTS) is 1. The van der Waals surface area contributed by atoms with Gasteiger partial charge in [-0.25, -0.2) is 0 Å². The van der Waals surface area contributed by atoms with Gasteiger partial charge in [-0.3, -0.25) is 4.79 Å². The molecule has 0 saturated carbocycles. The van der Waals surface area contributed by atoms with Gasteiger partial charge >= 0.3 is 5.97 Å². The lowest BCUT2D eigenvalue weighted by Gasteiger charge is -2.12. The zero-order chi connectivity index (χ0) is 18.1. The van der Waals surface area contributed by atoms with E-state index in [1.54, 1.807) is 12.1 Å². The fraction of sp³-hybridized carbons (Fsp3) is 0.350. The topological polar surface area (TPSA) is 71.2 Å². The number of aliphatic carboxylic acids is 1. The lowest BCUT2D eigenvalue weighted by molar-refractivity contribution is -0.139. The van der Waals surface area contributed by atoms with Gasteiger partial charge in [0.15, 0.2) is 0 Å². The van der Waals surface area contributed by atoms with Crippen LogP contribution in [-0.4, -0.2) is 17.7 Å². The Morgan fingerprint density at radius 2 is 1.56 bits per heavy atom. The van der Waals surface area contributed by atoms with E-state index in [1.165, 1.54) is 0 Å². The molecule has 0 saturated heterocycles. The molecule has 2 rings (SSSR count). The summed E-state index contributed by atoms with van der Waals surface area (Å²) in [6.07, 6.45) is 2.53. The minimum Gasteiger partial charge on any atom is -0.494 e. The predicted octanol–water partition coefficient (Wildman–Crippen LogP) is 5.86. The standard InChI is InChI=1S/C20H24N2O3/c1-3-5-6-19(20(23)24)15-7-9-16(10-8-15)21-22-17-11-13-18(14-12-17)25-4-2/h7-14,19H,3-6H2,1-2H3,(H,23,24)/b22-21+. The third-order valence-corrected chi connectivity index (χ3v) is 3.87. The smallest absolute Gasteiger partial charge is 0.310 e. The maximum absolute atomic E-state index is 11.4. The average molecular weight is 340 g/mol. The number of ether oxygens (including phenoxy) is 1. The second-order valence-corrected chi connectivity index (χ2v) is 5.75. The molecule has 2 aromatic rings. The van der Waals surface area contributed by atoms with E-state index in [4.69, 9.17) is 4.74 Å². The average Bonchev–Trinajstić information content (AvgIpc) is 2.62. The van der Waals surface area contributed by atoms with Crippen LogP contribution in [0.25, 0.3) is 0 Å². The SMILES string of the molecule is CCCCC(C(=O)O)c1ccc(/N=N/c2ccc(OCC)cc2)cc1. The Morgan fingerprint density at radius 3 is 2.04 bits per heavy atom. The molecule has 132 valence electrons. The molecule has 0 aliphatic carbocycles. The van der Waals surface area contributed by atoms with Gasteiger partial charge in [-0.1, -0.05) is 31.9 Å². The van der Waals surface area contributed by atoms with E-state index < -0.39 is 11.9 Å². The minimum atomic E-state index is -0.780. The van der Waals surface area contributed by atoms with Crippen LogP contribution >= 0.6 is 0 Å². The molecule has 0 bridgehead atoms. The third kappa shape index (κ3) is 5.71. The highest BCUT2D eigenvalue weighted by atomic mass is 16.5. The number of hydrogen-bond donors (Lipinski definition) is 1. The van der Waals surface area contributed by atoms with Crippen molar-refractivity contribution < 1.29 is 14.6 Å². The molecule has 0 amide bonds. The molecule has 5 heteroatoms. The van der Waals surface area contributed by atoms with Crippen LogP contribution in [0.2, 0.25) is 0 Å². The third-order valence-electron chi connectivity index (χ3n) is 3.87. The van der Waals surface area contributed by atoms with Crippen molar-refractivity contribution >= 4 is 17.3 Å². The molecule has 0 radical (unpaired) electrons. The van der Waals surface area contributed by atoms with E-state index in [0.717, 1.165) is 29.8 Å². The number of azo groups is 1. The van der Waals surface area contributed by atoms with Crippen LogP contribution < -0.4 is 4.74 Å². The summed E-state index contributed by atoms with van der Waals surface area (Å²) >= 11 is 0. The zero-order valence-corrected chi connectivity index (χ0v) is 14.7. The summed E-state index contributed by atoms with van der Waals surface area (Å²) in [6, 6.07) is 14.6. The van der Waals surface area contributed by atoms with Gasteiger partial charge in [-0.15, -0.1) is 0 Å². The van der Waals surface area contributed by atoms with Crippen molar-refractivity contribution in [2.75, 3.05) is 6.61 Å². The monoisotopic (exact) mass is 340 g/mol. The summed E-state index contributed by atoms with van der Waals surface area (Å²) in [5.74, 6) is -0.438. The van der Waals surface area contributed by atoms with Crippen molar-refractivity contribution in [1.29, 1.82) is 0 Å². The Kier molecular flexibility index (Phi) is 7.14. The van der Waals surface area contributed by atoms with E-state index in [-0.39, 0.29) is 0 Å². The van der Waals surface area contributed by atoms with Gasteiger partial charge < -0.3 is 9.84 Å². The summed E-state index contributed by atoms with van der Waals surface area (Å²) in [6.45, 7) is 4.63. The van der Waals surface area contributed by atoms with Gasteiger partial charge in [0.05, 0.1) is 23.9 Å². The molecule has 1 unspecified atom stereocenters. The first-order valence-corrected chi connectivity index (χ1v) is 8.61. The van der Waals surface area contributed by atoms with Gasteiger partial charge in [0.2, 0.25) is 0 Å². The van der Waals surface area contributed by atoms with Crippen LogP contribution in [0, 0.1) is 0 Å². The minimum absolute atomic E-state index is 0.461. The summed E-state index contributed by atoms with van der Waals surface area (Å²) in [7, 11) is 0.